The van der Waals surface area contributed by atoms with E-state index in [0.29, 0.717) is 0 Å². The summed E-state index contributed by atoms with van der Waals surface area (Å²) < 4.78 is 7.41. The van der Waals surface area contributed by atoms with Gasteiger partial charge in [-0.1, -0.05) is 19.6 Å². The molecule has 13 heavy (non-hydrogen) atoms. The van der Waals surface area contributed by atoms with Crippen molar-refractivity contribution >= 4 is 48.2 Å². The molecule has 0 amide bonds. The maximum Gasteiger partial charge on any atom is 0.111 e. The Morgan fingerprint density at radius 2 is 1.46 bits per heavy atom. The second-order valence-corrected chi connectivity index (χ2v) is 11.9. The predicted octanol–water partition coefficient (Wildman–Crippen LogP) is 0.450. The van der Waals surface area contributed by atoms with E-state index in [9.17, 15) is 0 Å². The Balaban J connectivity index is 0. The Morgan fingerprint density at radius 3 is 1.54 bits per heavy atom. The van der Waals surface area contributed by atoms with E-state index in [1.807, 2.05) is 0 Å². The van der Waals surface area contributed by atoms with Crippen molar-refractivity contribution in [1.29, 1.82) is 0 Å². The summed E-state index contributed by atoms with van der Waals surface area (Å²) in [5, 5.41) is 0. The molecule has 0 atom stereocenters. The third-order valence-corrected chi connectivity index (χ3v) is 8.88. The van der Waals surface area contributed by atoms with Gasteiger partial charge in [-0.2, -0.15) is 0 Å². The molecule has 5 heteroatoms. The van der Waals surface area contributed by atoms with Gasteiger partial charge in [0.25, 0.3) is 0 Å². The Hall–Kier alpha value is 1.35. The second kappa shape index (κ2) is 8.65. The van der Waals surface area contributed by atoms with Crippen LogP contribution in [0.2, 0.25) is 19.6 Å². The molecule has 0 aromatic heterocycles. The van der Waals surface area contributed by atoms with E-state index in [4.69, 9.17) is 4.74 Å². The van der Waals surface area contributed by atoms with Crippen molar-refractivity contribution in [2.45, 2.75) is 32.5 Å². The first-order valence-electron chi connectivity index (χ1n) is 4.70. The molecule has 1 fully saturated rings. The van der Waals surface area contributed by atoms with Gasteiger partial charge in [-0.05, 0) is 19.9 Å². The fraction of sp³-hybridized carbons (Fsp3) is 1.00. The van der Waals surface area contributed by atoms with Crippen molar-refractivity contribution in [2.24, 2.45) is 0 Å². The van der Waals surface area contributed by atoms with Crippen molar-refractivity contribution in [3.8, 4) is 0 Å². The van der Waals surface area contributed by atoms with Crippen molar-refractivity contribution in [3.63, 3.8) is 0 Å². The van der Waals surface area contributed by atoms with Gasteiger partial charge in [0.15, 0.2) is 0 Å². The maximum atomic E-state index is 4.94. The summed E-state index contributed by atoms with van der Waals surface area (Å²) in [7, 11) is 2.59. The molecule has 0 aromatic carbocycles. The zero-order chi connectivity index (χ0) is 9.61. The van der Waals surface area contributed by atoms with E-state index in [2.05, 4.69) is 30.9 Å². The zero-order valence-electron chi connectivity index (χ0n) is 10.2. The van der Waals surface area contributed by atoms with Crippen LogP contribution in [0.15, 0.2) is 0 Å². The van der Waals surface area contributed by atoms with Gasteiger partial charge in [-0.3, -0.25) is 0 Å². The molecule has 0 unspecified atom stereocenters. The van der Waals surface area contributed by atoms with Crippen LogP contribution in [-0.2, 0) is 4.74 Å². The summed E-state index contributed by atoms with van der Waals surface area (Å²) >= 11 is 0. The van der Waals surface area contributed by atoms with E-state index >= 15 is 0 Å². The van der Waals surface area contributed by atoms with Crippen LogP contribution >= 0.6 is 0 Å². The Kier molecular flexibility index (Phi) is 11.2. The normalized spacial score (nSPS) is 16.4. The number of nitrogens with zero attached hydrogens (tertiary/aromatic N) is 1. The number of ether oxygens (including phenoxy) is 1. The van der Waals surface area contributed by atoms with E-state index in [0.717, 1.165) is 13.2 Å². The molecule has 2 nitrogen and oxygen atoms in total. The molecule has 1 saturated heterocycles. The van der Waals surface area contributed by atoms with Crippen LogP contribution in [0.1, 0.15) is 12.8 Å². The molecule has 0 aromatic rings. The first kappa shape index (κ1) is 16.8. The molecule has 1 rings (SSSR count). The topological polar surface area (TPSA) is 12.5 Å². The molecule has 0 spiro atoms. The fourth-order valence-corrected chi connectivity index (χ4v) is 0.510. The smallest absolute Gasteiger partial charge is 0.111 e. The van der Waals surface area contributed by atoms with Crippen LogP contribution in [0, 0.1) is 0 Å². The van der Waals surface area contributed by atoms with E-state index < -0.39 is 8.24 Å². The molecule has 0 aliphatic carbocycles. The van der Waals surface area contributed by atoms with Crippen LogP contribution in [-0.4, -0.2) is 72.7 Å². The van der Waals surface area contributed by atoms with Gasteiger partial charge in [-0.25, -0.2) is 0 Å². The first-order valence-corrected chi connectivity index (χ1v) is 9.04. The molecular weight excluding hydrogens is 205 g/mol. The van der Waals surface area contributed by atoms with E-state index in [1.165, 1.54) is 23.2 Å². The average Bonchev–Trinajstić information content (AvgIpc) is 2.39. The molecule has 1 aliphatic rings. The minimum absolute atomic E-state index is 0. The Labute approximate surface area is 109 Å². The van der Waals surface area contributed by atoms with E-state index in [1.54, 1.807) is 0 Å². The predicted molar refractivity (Wildman–Crippen MR) is 66.9 cm³/mol. The van der Waals surface area contributed by atoms with Crippen LogP contribution in [0.25, 0.3) is 0 Å². The van der Waals surface area contributed by atoms with Crippen molar-refractivity contribution in [1.82, 2.24) is 4.23 Å². The standard InChI is InChI=1S/C4H15NSi2.C4H8O.Na/c1-5(6)7(2,3)4;1-2-4-5-3-1;/h1-4,6H3;1-4H2;. The van der Waals surface area contributed by atoms with Crippen LogP contribution in [0.4, 0.5) is 0 Å². The van der Waals surface area contributed by atoms with Crippen LogP contribution in [0.5, 0.6) is 0 Å². The number of rotatable bonds is 1. The third kappa shape index (κ3) is 11.3. The van der Waals surface area contributed by atoms with Crippen molar-refractivity contribution in [3.05, 3.63) is 0 Å². The van der Waals surface area contributed by atoms with Crippen LogP contribution < -0.4 is 0 Å². The molecular formula is C8H23NNaOSi2. The molecule has 0 saturated carbocycles. The molecule has 1 aliphatic heterocycles. The minimum atomic E-state index is -0.840. The number of hydrogen-bond donors (Lipinski definition) is 0. The van der Waals surface area contributed by atoms with Crippen molar-refractivity contribution < 1.29 is 4.74 Å². The summed E-state index contributed by atoms with van der Waals surface area (Å²) in [6.45, 7) is 9.08. The summed E-state index contributed by atoms with van der Waals surface area (Å²) in [5.41, 5.74) is 0. The first-order chi connectivity index (χ1) is 5.44. The van der Waals surface area contributed by atoms with E-state index in [-0.39, 0.29) is 29.6 Å². The molecule has 0 N–H and O–H groups in total. The second-order valence-electron chi connectivity index (χ2n) is 4.38. The maximum absolute atomic E-state index is 4.94. The van der Waals surface area contributed by atoms with Crippen molar-refractivity contribution in [2.75, 3.05) is 20.3 Å². The minimum Gasteiger partial charge on any atom is -0.381 e. The SMILES string of the molecule is C1CCOC1.CN([SiH3])[Si](C)(C)C.[Na]. The van der Waals surface area contributed by atoms with Gasteiger partial charge in [0, 0.05) is 42.8 Å². The summed E-state index contributed by atoms with van der Waals surface area (Å²) in [5.74, 6) is 0. The quantitative estimate of drug-likeness (QED) is 0.604. The fourth-order valence-electron chi connectivity index (χ4n) is 0.510. The monoisotopic (exact) mass is 228 g/mol. The van der Waals surface area contributed by atoms with Gasteiger partial charge in [0.2, 0.25) is 0 Å². The van der Waals surface area contributed by atoms with Gasteiger partial charge >= 0.3 is 0 Å². The van der Waals surface area contributed by atoms with Gasteiger partial charge in [-0.15, -0.1) is 0 Å². The molecule has 0 bridgehead atoms. The average molecular weight is 228 g/mol. The summed E-state index contributed by atoms with van der Waals surface area (Å²) in [6, 6.07) is 0. The number of hydrogen-bond acceptors (Lipinski definition) is 2. The molecule has 1 heterocycles. The Bertz CT molecular complexity index is 106. The van der Waals surface area contributed by atoms with Gasteiger partial charge in [0.1, 0.15) is 8.24 Å². The molecule has 1 radical (unpaired) electrons. The van der Waals surface area contributed by atoms with Gasteiger partial charge < -0.3 is 8.97 Å². The summed E-state index contributed by atoms with van der Waals surface area (Å²) in [4.78, 5) is 0. The van der Waals surface area contributed by atoms with Gasteiger partial charge in [0.05, 0.1) is 10.4 Å². The Morgan fingerprint density at radius 1 is 1.15 bits per heavy atom. The largest absolute Gasteiger partial charge is 0.381 e. The molecule has 75 valence electrons. The zero-order valence-corrected chi connectivity index (χ0v) is 15.2. The van der Waals surface area contributed by atoms with Crippen LogP contribution in [0.3, 0.4) is 0 Å². The third-order valence-electron chi connectivity index (χ3n) is 2.17. The summed E-state index contributed by atoms with van der Waals surface area (Å²) in [6.07, 6.45) is 2.56.